The predicted molar refractivity (Wildman–Crippen MR) is 99.5 cm³/mol. The second-order valence-corrected chi connectivity index (χ2v) is 8.30. The molecule has 0 unspecified atom stereocenters. The topological polar surface area (TPSA) is 24.9 Å². The van der Waals surface area contributed by atoms with Crippen molar-refractivity contribution in [3.05, 3.63) is 56.8 Å². The number of benzene rings is 2. The number of hydrogen-bond donors (Lipinski definition) is 1. The molecule has 1 aromatic heterocycles. The fraction of sp³-hybridized carbons (Fsp3) is 0.0625. The molecule has 0 amide bonds. The van der Waals surface area contributed by atoms with Gasteiger partial charge in [0, 0.05) is 36.3 Å². The molecule has 0 spiro atoms. The summed E-state index contributed by atoms with van der Waals surface area (Å²) in [6, 6.07) is 14.1. The molecule has 22 heavy (non-hydrogen) atoms. The third-order valence-electron chi connectivity index (χ3n) is 3.35. The molecule has 6 heteroatoms. The minimum absolute atomic E-state index is 0.752. The van der Waals surface area contributed by atoms with Gasteiger partial charge in [0.15, 0.2) is 5.13 Å². The lowest BCUT2D eigenvalue weighted by Gasteiger charge is -2.14. The molecule has 0 radical (unpaired) electrons. The van der Waals surface area contributed by atoms with E-state index in [4.69, 9.17) is 16.6 Å². The van der Waals surface area contributed by atoms with Gasteiger partial charge in [0.25, 0.3) is 0 Å². The molecule has 1 N–H and O–H groups in total. The minimum atomic E-state index is 0.752. The number of nitrogens with zero attached hydrogens (tertiary/aromatic N) is 1. The molecular weight excluding hydrogens is 400 g/mol. The van der Waals surface area contributed by atoms with Crippen LogP contribution in [-0.4, -0.2) is 4.98 Å². The van der Waals surface area contributed by atoms with Crippen molar-refractivity contribution in [2.45, 2.75) is 10.6 Å². The lowest BCUT2D eigenvalue weighted by Crippen LogP contribution is -1.93. The number of halogens is 2. The van der Waals surface area contributed by atoms with E-state index in [0.29, 0.717) is 0 Å². The van der Waals surface area contributed by atoms with E-state index in [1.807, 2.05) is 48.2 Å². The maximum atomic E-state index is 6.14. The normalized spacial score (nSPS) is 12.6. The highest BCUT2D eigenvalue weighted by molar-refractivity contribution is 9.10. The highest BCUT2D eigenvalue weighted by Crippen LogP contribution is 2.45. The average molecular weight is 410 g/mol. The van der Waals surface area contributed by atoms with Crippen LogP contribution in [0.5, 0.6) is 0 Å². The zero-order valence-electron chi connectivity index (χ0n) is 11.3. The van der Waals surface area contributed by atoms with Gasteiger partial charge in [0.05, 0.1) is 5.69 Å². The van der Waals surface area contributed by atoms with E-state index in [0.717, 1.165) is 37.3 Å². The standard InChI is InChI=1S/C16H10BrClN2S2/c17-9-1-4-11(5-2-9)19-16-20-15-12-7-10(18)3-6-13(12)21-8-14(15)22-16/h1-7H,8H2,(H,19,20). The quantitative estimate of drug-likeness (QED) is 0.517. The second kappa shape index (κ2) is 5.89. The maximum absolute atomic E-state index is 6.14. The van der Waals surface area contributed by atoms with E-state index in [2.05, 4.69) is 27.3 Å². The largest absolute Gasteiger partial charge is 0.332 e. The summed E-state index contributed by atoms with van der Waals surface area (Å²) in [5, 5.41) is 5.05. The van der Waals surface area contributed by atoms with Gasteiger partial charge in [-0.25, -0.2) is 4.98 Å². The molecule has 2 nitrogen and oxygen atoms in total. The van der Waals surface area contributed by atoms with Gasteiger partial charge < -0.3 is 5.32 Å². The number of thioether (sulfide) groups is 1. The van der Waals surface area contributed by atoms with Crippen LogP contribution in [-0.2, 0) is 5.75 Å². The fourth-order valence-electron chi connectivity index (χ4n) is 2.33. The van der Waals surface area contributed by atoms with Crippen LogP contribution in [0.2, 0.25) is 5.02 Å². The van der Waals surface area contributed by atoms with Crippen molar-refractivity contribution in [2.24, 2.45) is 0 Å². The van der Waals surface area contributed by atoms with Gasteiger partial charge in [0.1, 0.15) is 0 Å². The van der Waals surface area contributed by atoms with E-state index in [1.165, 1.54) is 9.77 Å². The third kappa shape index (κ3) is 2.78. The molecule has 0 fully saturated rings. The zero-order valence-corrected chi connectivity index (χ0v) is 15.2. The van der Waals surface area contributed by atoms with Gasteiger partial charge in [-0.1, -0.05) is 27.5 Å². The van der Waals surface area contributed by atoms with E-state index in [1.54, 1.807) is 11.3 Å². The Morgan fingerprint density at radius 1 is 1.14 bits per heavy atom. The van der Waals surface area contributed by atoms with Crippen LogP contribution in [0.25, 0.3) is 11.3 Å². The number of hydrogen-bond acceptors (Lipinski definition) is 4. The Labute approximate surface area is 150 Å². The maximum Gasteiger partial charge on any atom is 0.188 e. The zero-order chi connectivity index (χ0) is 15.1. The Morgan fingerprint density at radius 3 is 2.77 bits per heavy atom. The Balaban J connectivity index is 1.70. The van der Waals surface area contributed by atoms with E-state index in [-0.39, 0.29) is 0 Å². The molecule has 110 valence electrons. The van der Waals surface area contributed by atoms with Gasteiger partial charge in [-0.05, 0) is 42.5 Å². The molecule has 0 saturated carbocycles. The van der Waals surface area contributed by atoms with Gasteiger partial charge in [-0.3, -0.25) is 0 Å². The van der Waals surface area contributed by atoms with Gasteiger partial charge in [0.2, 0.25) is 0 Å². The van der Waals surface area contributed by atoms with Crippen molar-refractivity contribution in [1.29, 1.82) is 0 Å². The molecule has 1 aliphatic rings. The molecule has 0 aliphatic carbocycles. The van der Waals surface area contributed by atoms with Crippen LogP contribution in [0, 0.1) is 0 Å². The van der Waals surface area contributed by atoms with E-state index >= 15 is 0 Å². The average Bonchev–Trinajstić information content (AvgIpc) is 2.92. The first kappa shape index (κ1) is 14.6. The monoisotopic (exact) mass is 408 g/mol. The first-order chi connectivity index (χ1) is 10.7. The molecular formula is C16H10BrClN2S2. The highest BCUT2D eigenvalue weighted by atomic mass is 79.9. The Bertz CT molecular complexity index is 846. The SMILES string of the molecule is Clc1ccc2c(c1)-c1nc(Nc3ccc(Br)cc3)sc1CS2. The molecule has 2 heterocycles. The van der Waals surface area contributed by atoms with Gasteiger partial charge in [-0.15, -0.1) is 23.1 Å². The smallest absolute Gasteiger partial charge is 0.188 e. The molecule has 1 aliphatic heterocycles. The first-order valence-electron chi connectivity index (χ1n) is 6.64. The number of aromatic nitrogens is 1. The summed E-state index contributed by atoms with van der Waals surface area (Å²) in [5.41, 5.74) is 3.23. The minimum Gasteiger partial charge on any atom is -0.332 e. The van der Waals surface area contributed by atoms with Crippen LogP contribution in [0.15, 0.2) is 51.8 Å². The van der Waals surface area contributed by atoms with Gasteiger partial charge in [-0.2, -0.15) is 0 Å². The highest BCUT2D eigenvalue weighted by Gasteiger charge is 2.21. The van der Waals surface area contributed by atoms with E-state index in [9.17, 15) is 0 Å². The van der Waals surface area contributed by atoms with E-state index < -0.39 is 0 Å². The van der Waals surface area contributed by atoms with Crippen molar-refractivity contribution in [1.82, 2.24) is 4.98 Å². The summed E-state index contributed by atoms with van der Waals surface area (Å²) in [6.07, 6.45) is 0. The Morgan fingerprint density at radius 2 is 1.95 bits per heavy atom. The first-order valence-corrected chi connectivity index (χ1v) is 9.61. The summed E-state index contributed by atoms with van der Waals surface area (Å²) in [7, 11) is 0. The summed E-state index contributed by atoms with van der Waals surface area (Å²) < 4.78 is 1.07. The molecule has 0 atom stereocenters. The summed E-state index contributed by atoms with van der Waals surface area (Å²) in [6.45, 7) is 0. The fourth-order valence-corrected chi connectivity index (χ4v) is 4.87. The van der Waals surface area contributed by atoms with Crippen molar-refractivity contribution < 1.29 is 0 Å². The molecule has 0 saturated heterocycles. The lowest BCUT2D eigenvalue weighted by atomic mass is 10.1. The Hall–Kier alpha value is -1.01. The molecule has 2 aromatic carbocycles. The number of anilines is 2. The van der Waals surface area contributed by atoms with Crippen molar-refractivity contribution in [3.8, 4) is 11.3 Å². The van der Waals surface area contributed by atoms with Crippen molar-refractivity contribution in [3.63, 3.8) is 0 Å². The number of nitrogens with one attached hydrogen (secondary N) is 1. The second-order valence-electron chi connectivity index (χ2n) is 4.85. The predicted octanol–water partition coefficient (Wildman–Crippen LogP) is 6.58. The van der Waals surface area contributed by atoms with Crippen LogP contribution in [0.1, 0.15) is 4.88 Å². The summed E-state index contributed by atoms with van der Waals surface area (Å²) >= 11 is 13.1. The summed E-state index contributed by atoms with van der Waals surface area (Å²) in [5.74, 6) is 0.962. The molecule has 0 bridgehead atoms. The van der Waals surface area contributed by atoms with Crippen molar-refractivity contribution >= 4 is 61.4 Å². The lowest BCUT2D eigenvalue weighted by molar-refractivity contribution is 1.28. The molecule has 4 rings (SSSR count). The number of thiazole rings is 1. The van der Waals surface area contributed by atoms with Crippen molar-refractivity contribution in [2.75, 3.05) is 5.32 Å². The van der Waals surface area contributed by atoms with Crippen LogP contribution in [0.4, 0.5) is 10.8 Å². The number of rotatable bonds is 2. The van der Waals surface area contributed by atoms with Crippen LogP contribution >= 0.6 is 50.6 Å². The van der Waals surface area contributed by atoms with Crippen LogP contribution < -0.4 is 5.32 Å². The van der Waals surface area contributed by atoms with Crippen LogP contribution in [0.3, 0.4) is 0 Å². The number of fused-ring (bicyclic) bond motifs is 3. The van der Waals surface area contributed by atoms with Gasteiger partial charge >= 0.3 is 0 Å². The third-order valence-corrected chi connectivity index (χ3v) is 6.37. The molecule has 3 aromatic rings. The summed E-state index contributed by atoms with van der Waals surface area (Å²) in [4.78, 5) is 7.31. The Kier molecular flexibility index (Phi) is 3.90.